The zero-order valence-electron chi connectivity index (χ0n) is 14.0. The van der Waals surface area contributed by atoms with Crippen LogP contribution < -0.4 is 11.1 Å². The summed E-state index contributed by atoms with van der Waals surface area (Å²) in [7, 11) is 0. The zero-order chi connectivity index (χ0) is 15.6. The third-order valence-corrected chi connectivity index (χ3v) is 4.12. The Hall–Kier alpha value is -1.11. The molecule has 1 aliphatic rings. The van der Waals surface area contributed by atoms with E-state index in [1.165, 1.54) is 0 Å². The molecule has 1 aliphatic heterocycles. The lowest BCUT2D eigenvalue weighted by Crippen LogP contribution is -2.42. The number of nitrogens with zero attached hydrogens (tertiary/aromatic N) is 3. The first-order valence-electron chi connectivity index (χ1n) is 8.31. The molecule has 138 valence electrons. The summed E-state index contributed by atoms with van der Waals surface area (Å²) in [6.45, 7) is 2.42. The van der Waals surface area contributed by atoms with Crippen LogP contribution in [0.5, 0.6) is 0 Å². The van der Waals surface area contributed by atoms with Gasteiger partial charge in [-0.2, -0.15) is 5.10 Å². The average Bonchev–Trinajstić information content (AvgIpc) is 2.56. The lowest BCUT2D eigenvalue weighted by Gasteiger charge is -2.32. The standard InChI is InChI=1S/C16H27N5O.2ClH/c17-10-4-2-1-3-7-16(22)21-12-8-14(9-13-21)19-15-6-5-11-18-20-15;;/h5-6,11,14H,1-4,7-10,12-13,17H2,(H,19,20);2*1H. The molecule has 24 heavy (non-hydrogen) atoms. The van der Waals surface area contributed by atoms with Gasteiger partial charge in [0.15, 0.2) is 0 Å². The van der Waals surface area contributed by atoms with Gasteiger partial charge in [-0.25, -0.2) is 0 Å². The highest BCUT2D eigenvalue weighted by Gasteiger charge is 2.22. The molecule has 8 heteroatoms. The van der Waals surface area contributed by atoms with Crippen LogP contribution in [0, 0.1) is 0 Å². The van der Waals surface area contributed by atoms with Crippen molar-refractivity contribution in [1.82, 2.24) is 15.1 Å². The van der Waals surface area contributed by atoms with E-state index in [1.54, 1.807) is 6.20 Å². The van der Waals surface area contributed by atoms with Crippen LogP contribution in [-0.4, -0.2) is 46.7 Å². The van der Waals surface area contributed by atoms with Crippen LogP contribution in [0.15, 0.2) is 18.3 Å². The molecule has 0 radical (unpaired) electrons. The fraction of sp³-hybridized carbons (Fsp3) is 0.688. The number of rotatable bonds is 8. The second-order valence-corrected chi connectivity index (χ2v) is 5.86. The first-order valence-corrected chi connectivity index (χ1v) is 8.31. The maximum Gasteiger partial charge on any atom is 0.222 e. The van der Waals surface area contributed by atoms with E-state index in [9.17, 15) is 4.79 Å². The first kappa shape index (κ1) is 22.9. The molecule has 0 aliphatic carbocycles. The molecule has 3 N–H and O–H groups in total. The molecule has 1 amide bonds. The van der Waals surface area contributed by atoms with Crippen molar-refractivity contribution in [2.24, 2.45) is 5.73 Å². The number of hydrogen-bond donors (Lipinski definition) is 2. The van der Waals surface area contributed by atoms with Gasteiger partial charge in [-0.3, -0.25) is 4.79 Å². The van der Waals surface area contributed by atoms with Crippen LogP contribution in [0.3, 0.4) is 0 Å². The van der Waals surface area contributed by atoms with Crippen molar-refractivity contribution in [3.05, 3.63) is 18.3 Å². The van der Waals surface area contributed by atoms with E-state index in [2.05, 4.69) is 15.5 Å². The van der Waals surface area contributed by atoms with Crippen molar-refractivity contribution in [3.63, 3.8) is 0 Å². The number of carbonyl (C=O) groups is 1. The molecule has 1 aromatic rings. The van der Waals surface area contributed by atoms with Gasteiger partial charge in [0.25, 0.3) is 0 Å². The fourth-order valence-corrected chi connectivity index (χ4v) is 2.79. The summed E-state index contributed by atoms with van der Waals surface area (Å²) in [5.74, 6) is 1.11. The van der Waals surface area contributed by atoms with E-state index >= 15 is 0 Å². The van der Waals surface area contributed by atoms with Crippen molar-refractivity contribution < 1.29 is 4.79 Å². The average molecular weight is 378 g/mol. The molecular formula is C16H29Cl2N5O. The van der Waals surface area contributed by atoms with E-state index in [0.717, 1.165) is 64.0 Å². The molecule has 2 heterocycles. The number of amides is 1. The number of nitrogens with two attached hydrogens (primary N) is 1. The third-order valence-electron chi connectivity index (χ3n) is 4.12. The van der Waals surface area contributed by atoms with Gasteiger partial charge in [0.2, 0.25) is 5.91 Å². The highest BCUT2D eigenvalue weighted by Crippen LogP contribution is 2.16. The Morgan fingerprint density at radius 1 is 1.21 bits per heavy atom. The summed E-state index contributed by atoms with van der Waals surface area (Å²) >= 11 is 0. The van der Waals surface area contributed by atoms with Gasteiger partial charge in [-0.1, -0.05) is 12.8 Å². The topological polar surface area (TPSA) is 84.1 Å². The molecule has 6 nitrogen and oxygen atoms in total. The summed E-state index contributed by atoms with van der Waals surface area (Å²) in [5, 5.41) is 11.3. The predicted molar refractivity (Wildman–Crippen MR) is 102 cm³/mol. The van der Waals surface area contributed by atoms with Crippen LogP contribution in [0.25, 0.3) is 0 Å². The minimum absolute atomic E-state index is 0. The van der Waals surface area contributed by atoms with E-state index in [1.807, 2.05) is 17.0 Å². The molecular weight excluding hydrogens is 349 g/mol. The van der Waals surface area contributed by atoms with Gasteiger partial charge in [-0.05, 0) is 44.4 Å². The number of piperidine rings is 1. The Kier molecular flexibility index (Phi) is 12.6. The van der Waals surface area contributed by atoms with Gasteiger partial charge in [-0.15, -0.1) is 29.9 Å². The molecule has 1 saturated heterocycles. The summed E-state index contributed by atoms with van der Waals surface area (Å²) in [6, 6.07) is 4.18. The van der Waals surface area contributed by atoms with Gasteiger partial charge < -0.3 is 16.0 Å². The smallest absolute Gasteiger partial charge is 0.222 e. The Morgan fingerprint density at radius 3 is 2.54 bits per heavy atom. The van der Waals surface area contributed by atoms with Crippen molar-refractivity contribution in [1.29, 1.82) is 0 Å². The molecule has 0 saturated carbocycles. The van der Waals surface area contributed by atoms with Crippen LogP contribution in [0.2, 0.25) is 0 Å². The Balaban J connectivity index is 0.00000264. The van der Waals surface area contributed by atoms with E-state index in [0.29, 0.717) is 18.4 Å². The normalized spacial score (nSPS) is 14.5. The number of nitrogens with one attached hydrogen (secondary N) is 1. The number of halogens is 2. The van der Waals surface area contributed by atoms with Crippen LogP contribution in [-0.2, 0) is 4.79 Å². The maximum absolute atomic E-state index is 12.2. The largest absolute Gasteiger partial charge is 0.366 e. The molecule has 1 aromatic heterocycles. The molecule has 0 unspecified atom stereocenters. The number of anilines is 1. The summed E-state index contributed by atoms with van der Waals surface area (Å²) in [5.41, 5.74) is 5.47. The molecule has 0 aromatic carbocycles. The number of carbonyl (C=O) groups excluding carboxylic acids is 1. The maximum atomic E-state index is 12.2. The minimum atomic E-state index is 0. The predicted octanol–water partition coefficient (Wildman–Crippen LogP) is 2.63. The molecule has 1 fully saturated rings. The Labute approximate surface area is 156 Å². The summed E-state index contributed by atoms with van der Waals surface area (Å²) in [6.07, 6.45) is 8.56. The zero-order valence-corrected chi connectivity index (χ0v) is 15.7. The quantitative estimate of drug-likeness (QED) is 0.680. The van der Waals surface area contributed by atoms with Gasteiger partial charge in [0.1, 0.15) is 5.82 Å². The monoisotopic (exact) mass is 377 g/mol. The van der Waals surface area contributed by atoms with Crippen LogP contribution >= 0.6 is 24.8 Å². The van der Waals surface area contributed by atoms with Crippen molar-refractivity contribution in [3.8, 4) is 0 Å². The van der Waals surface area contributed by atoms with E-state index < -0.39 is 0 Å². The lowest BCUT2D eigenvalue weighted by molar-refractivity contribution is -0.132. The fourth-order valence-electron chi connectivity index (χ4n) is 2.79. The van der Waals surface area contributed by atoms with Crippen molar-refractivity contribution >= 4 is 36.5 Å². The molecule has 0 spiro atoms. The van der Waals surface area contributed by atoms with Gasteiger partial charge >= 0.3 is 0 Å². The number of unbranched alkanes of at least 4 members (excludes halogenated alkanes) is 3. The Bertz CT molecular complexity index is 441. The number of likely N-dealkylation sites (tertiary alicyclic amines) is 1. The first-order chi connectivity index (χ1) is 10.8. The number of hydrogen-bond acceptors (Lipinski definition) is 5. The molecule has 0 atom stereocenters. The second kappa shape index (κ2) is 13.2. The van der Waals surface area contributed by atoms with E-state index in [4.69, 9.17) is 5.73 Å². The van der Waals surface area contributed by atoms with Gasteiger partial charge in [0.05, 0.1) is 0 Å². The minimum Gasteiger partial charge on any atom is -0.366 e. The molecule has 2 rings (SSSR count). The highest BCUT2D eigenvalue weighted by molar-refractivity contribution is 5.85. The van der Waals surface area contributed by atoms with Crippen molar-refractivity contribution in [2.45, 2.75) is 51.0 Å². The Morgan fingerprint density at radius 2 is 1.92 bits per heavy atom. The third kappa shape index (κ3) is 8.13. The second-order valence-electron chi connectivity index (χ2n) is 5.86. The number of aromatic nitrogens is 2. The highest BCUT2D eigenvalue weighted by atomic mass is 35.5. The SMILES string of the molecule is Cl.Cl.NCCCCCCC(=O)N1CCC(Nc2cccnn2)CC1. The lowest BCUT2D eigenvalue weighted by atomic mass is 10.0. The van der Waals surface area contributed by atoms with Crippen molar-refractivity contribution in [2.75, 3.05) is 25.0 Å². The van der Waals surface area contributed by atoms with Crippen LogP contribution in [0.1, 0.15) is 44.9 Å². The summed E-state index contributed by atoms with van der Waals surface area (Å²) in [4.78, 5) is 14.2. The summed E-state index contributed by atoms with van der Waals surface area (Å²) < 4.78 is 0. The molecule has 0 bridgehead atoms. The van der Waals surface area contributed by atoms with Gasteiger partial charge in [0, 0.05) is 31.7 Å². The van der Waals surface area contributed by atoms with Crippen LogP contribution in [0.4, 0.5) is 5.82 Å². The van der Waals surface area contributed by atoms with E-state index in [-0.39, 0.29) is 24.8 Å².